The molecule has 0 spiro atoms. The molecule has 1 aliphatic rings. The van der Waals surface area contributed by atoms with Gasteiger partial charge in [0.15, 0.2) is 11.6 Å². The van der Waals surface area contributed by atoms with Gasteiger partial charge in [0.1, 0.15) is 5.60 Å². The predicted molar refractivity (Wildman–Crippen MR) is 111 cm³/mol. The Morgan fingerprint density at radius 2 is 1.90 bits per heavy atom. The van der Waals surface area contributed by atoms with Crippen LogP contribution in [-0.2, 0) is 23.0 Å². The molecule has 0 bridgehead atoms. The molecule has 4 heteroatoms. The minimum Gasteiger partial charge on any atom is -0.428 e. The maximum atomic E-state index is 14.2. The molecular formula is C25H28FO3. The lowest BCUT2D eigenvalue weighted by atomic mass is 9.77. The van der Waals surface area contributed by atoms with Gasteiger partial charge in [0.25, 0.3) is 0 Å². The van der Waals surface area contributed by atoms with Gasteiger partial charge >= 0.3 is 6.16 Å². The SMILES string of the molecule is CC(C)(C)OC(=O)Oc1cc([C@@H]2[CH]Cc3[c]c(C(C)(C)C)[c]cc3C2)ccc1F. The fraction of sp³-hybridized carbons (Fsp3) is 0.440. The van der Waals surface area contributed by atoms with E-state index in [0.717, 1.165) is 24.0 Å². The summed E-state index contributed by atoms with van der Waals surface area (Å²) in [7, 11) is 0. The van der Waals surface area contributed by atoms with E-state index in [2.05, 4.69) is 39.3 Å². The highest BCUT2D eigenvalue weighted by Crippen LogP contribution is 2.35. The van der Waals surface area contributed by atoms with Gasteiger partial charge in [0.05, 0.1) is 0 Å². The normalized spacial score (nSPS) is 16.9. The van der Waals surface area contributed by atoms with Gasteiger partial charge in [-0.2, -0.15) is 0 Å². The molecule has 3 radical (unpaired) electrons. The standard InChI is InChI=1S/C25H28FO3/c1-24(2,3)20-11-9-17-13-16(7-8-18(17)14-20)19-10-12-21(26)22(15-19)28-23(27)29-25(4,5)6/h7,9-10,12,15-16H,8,13H2,1-6H3/t16-/m1/s1. The molecule has 153 valence electrons. The number of hydrogen-bond acceptors (Lipinski definition) is 3. The van der Waals surface area contributed by atoms with Crippen LogP contribution in [-0.4, -0.2) is 11.8 Å². The van der Waals surface area contributed by atoms with Gasteiger partial charge in [-0.25, -0.2) is 9.18 Å². The van der Waals surface area contributed by atoms with Crippen LogP contribution in [0.5, 0.6) is 5.75 Å². The van der Waals surface area contributed by atoms with E-state index in [-0.39, 0.29) is 17.1 Å². The number of halogens is 1. The second kappa shape index (κ2) is 7.81. The van der Waals surface area contributed by atoms with Crippen molar-refractivity contribution in [1.82, 2.24) is 0 Å². The molecule has 0 N–H and O–H groups in total. The number of carbonyl (C=O) groups is 1. The Morgan fingerprint density at radius 1 is 1.17 bits per heavy atom. The third-order valence-corrected chi connectivity index (χ3v) is 4.82. The summed E-state index contributed by atoms with van der Waals surface area (Å²) >= 11 is 0. The highest BCUT2D eigenvalue weighted by Gasteiger charge is 2.25. The zero-order valence-electron chi connectivity index (χ0n) is 18.0. The van der Waals surface area contributed by atoms with E-state index in [1.165, 1.54) is 17.2 Å². The van der Waals surface area contributed by atoms with Crippen LogP contribution in [0.25, 0.3) is 0 Å². The molecule has 1 atom stereocenters. The summed E-state index contributed by atoms with van der Waals surface area (Å²) in [4.78, 5) is 11.9. The van der Waals surface area contributed by atoms with Gasteiger partial charge < -0.3 is 9.47 Å². The number of hydrogen-bond donors (Lipinski definition) is 0. The minimum atomic E-state index is -0.912. The van der Waals surface area contributed by atoms with Crippen molar-refractivity contribution in [3.8, 4) is 5.75 Å². The first-order valence-electron chi connectivity index (χ1n) is 9.92. The van der Waals surface area contributed by atoms with Crippen LogP contribution in [0.3, 0.4) is 0 Å². The molecule has 3 nitrogen and oxygen atoms in total. The molecule has 0 amide bonds. The monoisotopic (exact) mass is 395 g/mol. The summed E-state index contributed by atoms with van der Waals surface area (Å²) in [5.74, 6) is -0.601. The van der Waals surface area contributed by atoms with Crippen LogP contribution in [0, 0.1) is 24.4 Å². The van der Waals surface area contributed by atoms with Crippen molar-refractivity contribution in [3.63, 3.8) is 0 Å². The number of fused-ring (bicyclic) bond motifs is 1. The molecule has 0 unspecified atom stereocenters. The number of ether oxygens (including phenoxy) is 2. The van der Waals surface area contributed by atoms with E-state index in [9.17, 15) is 9.18 Å². The van der Waals surface area contributed by atoms with Gasteiger partial charge in [-0.1, -0.05) is 32.9 Å². The molecule has 29 heavy (non-hydrogen) atoms. The van der Waals surface area contributed by atoms with Crippen molar-refractivity contribution in [3.05, 3.63) is 70.9 Å². The maximum absolute atomic E-state index is 14.2. The number of carbonyl (C=O) groups excluding carboxylic acids is 1. The molecule has 3 rings (SSSR count). The van der Waals surface area contributed by atoms with Crippen molar-refractivity contribution in [2.24, 2.45) is 0 Å². The Morgan fingerprint density at radius 3 is 2.55 bits per heavy atom. The smallest absolute Gasteiger partial charge is 0.428 e. The third-order valence-electron chi connectivity index (χ3n) is 4.82. The second-order valence-electron chi connectivity index (χ2n) is 9.55. The van der Waals surface area contributed by atoms with Crippen LogP contribution in [0.2, 0.25) is 0 Å². The quantitative estimate of drug-likeness (QED) is 0.454. The zero-order chi connectivity index (χ0) is 21.4. The Balaban J connectivity index is 1.78. The first kappa shape index (κ1) is 21.4. The molecule has 0 saturated heterocycles. The van der Waals surface area contributed by atoms with Gasteiger partial charge in [0.2, 0.25) is 0 Å². The van der Waals surface area contributed by atoms with E-state index < -0.39 is 17.6 Å². The molecule has 2 aromatic carbocycles. The molecule has 0 heterocycles. The third kappa shape index (κ3) is 5.37. The van der Waals surface area contributed by atoms with E-state index in [1.54, 1.807) is 32.9 Å². The Bertz CT molecular complexity index is 903. The molecule has 0 fully saturated rings. The summed E-state index contributed by atoms with van der Waals surface area (Å²) in [5.41, 5.74) is 3.68. The predicted octanol–water partition coefficient (Wildman–Crippen LogP) is 6.12. The highest BCUT2D eigenvalue weighted by atomic mass is 19.1. The summed E-state index contributed by atoms with van der Waals surface area (Å²) < 4.78 is 24.4. The van der Waals surface area contributed by atoms with E-state index in [0.29, 0.717) is 0 Å². The topological polar surface area (TPSA) is 35.5 Å². The number of benzene rings is 2. The maximum Gasteiger partial charge on any atom is 0.514 e. The fourth-order valence-electron chi connectivity index (χ4n) is 3.31. The highest BCUT2D eigenvalue weighted by molar-refractivity contribution is 5.64. The van der Waals surface area contributed by atoms with Gasteiger partial charge in [-0.05, 0) is 97.9 Å². The molecule has 1 aliphatic carbocycles. The zero-order valence-corrected chi connectivity index (χ0v) is 18.0. The Labute approximate surface area is 173 Å². The van der Waals surface area contributed by atoms with Gasteiger partial charge in [-0.3, -0.25) is 0 Å². The summed E-state index contributed by atoms with van der Waals surface area (Å²) in [6, 6.07) is 13.6. The first-order valence-corrected chi connectivity index (χ1v) is 9.92. The Kier molecular flexibility index (Phi) is 5.75. The average molecular weight is 395 g/mol. The van der Waals surface area contributed by atoms with Crippen molar-refractivity contribution < 1.29 is 18.7 Å². The van der Waals surface area contributed by atoms with Crippen LogP contribution >= 0.6 is 0 Å². The van der Waals surface area contributed by atoms with E-state index >= 15 is 0 Å². The van der Waals surface area contributed by atoms with Crippen LogP contribution < -0.4 is 4.74 Å². The van der Waals surface area contributed by atoms with Crippen molar-refractivity contribution >= 4 is 6.16 Å². The summed E-state index contributed by atoms with van der Waals surface area (Å²) in [5, 5.41) is 0. The first-order chi connectivity index (χ1) is 13.4. The minimum absolute atomic E-state index is 0.0107. The molecular weight excluding hydrogens is 367 g/mol. The lowest BCUT2D eigenvalue weighted by Gasteiger charge is -2.27. The van der Waals surface area contributed by atoms with Crippen molar-refractivity contribution in [2.75, 3.05) is 0 Å². The molecule has 0 saturated carbocycles. The van der Waals surface area contributed by atoms with Crippen LogP contribution in [0.1, 0.15) is 69.7 Å². The van der Waals surface area contributed by atoms with Crippen molar-refractivity contribution in [2.45, 2.75) is 71.3 Å². The summed E-state index contributed by atoms with van der Waals surface area (Å²) in [6.07, 6.45) is 2.86. The summed E-state index contributed by atoms with van der Waals surface area (Å²) in [6.45, 7) is 11.7. The Hall–Kier alpha value is -2.36. The van der Waals surface area contributed by atoms with Gasteiger partial charge in [0, 0.05) is 0 Å². The molecule has 0 aromatic heterocycles. The number of rotatable bonds is 2. The second-order valence-corrected chi connectivity index (χ2v) is 9.55. The lowest BCUT2D eigenvalue weighted by Crippen LogP contribution is -2.26. The van der Waals surface area contributed by atoms with E-state index in [1.807, 2.05) is 6.07 Å². The van der Waals surface area contributed by atoms with Crippen LogP contribution in [0.4, 0.5) is 9.18 Å². The molecule has 0 aliphatic heterocycles. The average Bonchev–Trinajstić information content (AvgIpc) is 2.60. The van der Waals surface area contributed by atoms with E-state index in [4.69, 9.17) is 9.47 Å². The van der Waals surface area contributed by atoms with Crippen molar-refractivity contribution in [1.29, 1.82) is 0 Å². The fourth-order valence-corrected chi connectivity index (χ4v) is 3.31. The molecule has 2 aromatic rings. The van der Waals surface area contributed by atoms with Gasteiger partial charge in [-0.15, -0.1) is 0 Å². The van der Waals surface area contributed by atoms with Crippen LogP contribution in [0.15, 0.2) is 24.3 Å². The lowest BCUT2D eigenvalue weighted by molar-refractivity contribution is 0.0198. The largest absolute Gasteiger partial charge is 0.514 e.